The van der Waals surface area contributed by atoms with Crippen molar-refractivity contribution < 1.29 is 4.79 Å². The maximum Gasteiger partial charge on any atom is 0.222 e. The van der Waals surface area contributed by atoms with Crippen molar-refractivity contribution in [1.29, 1.82) is 0 Å². The summed E-state index contributed by atoms with van der Waals surface area (Å²) in [4.78, 5) is 14.0. The Kier molecular flexibility index (Phi) is 4.40. The molecule has 0 aromatic rings. The smallest absolute Gasteiger partial charge is 0.222 e. The minimum Gasteiger partial charge on any atom is -0.339 e. The molecule has 0 saturated carbocycles. The molecule has 0 bridgehead atoms. The van der Waals surface area contributed by atoms with Gasteiger partial charge in [0.05, 0.1) is 0 Å². The van der Waals surface area contributed by atoms with Crippen LogP contribution < -0.4 is 0 Å². The van der Waals surface area contributed by atoms with Crippen molar-refractivity contribution in [2.24, 2.45) is 11.3 Å². The Balaban J connectivity index is 2.82. The molecule has 1 amide bonds. The van der Waals surface area contributed by atoms with Gasteiger partial charge in [-0.25, -0.2) is 0 Å². The van der Waals surface area contributed by atoms with Crippen molar-refractivity contribution in [2.75, 3.05) is 6.54 Å². The first-order valence-electron chi connectivity index (χ1n) is 6.68. The fourth-order valence-corrected chi connectivity index (χ4v) is 2.55. The molecule has 0 N–H and O–H groups in total. The van der Waals surface area contributed by atoms with Gasteiger partial charge in [0.2, 0.25) is 5.91 Å². The molecule has 0 aromatic carbocycles. The fourth-order valence-electron chi connectivity index (χ4n) is 2.55. The first-order chi connectivity index (χ1) is 7.38. The first-order valence-corrected chi connectivity index (χ1v) is 6.68. The topological polar surface area (TPSA) is 20.3 Å². The summed E-state index contributed by atoms with van der Waals surface area (Å²) in [5.41, 5.74) is 0.240. The largest absolute Gasteiger partial charge is 0.339 e. The highest BCUT2D eigenvalue weighted by Crippen LogP contribution is 2.35. The molecular formula is C14H27NO. The number of amides is 1. The second kappa shape index (κ2) is 5.20. The predicted molar refractivity (Wildman–Crippen MR) is 68.3 cm³/mol. The summed E-state index contributed by atoms with van der Waals surface area (Å²) in [5, 5.41) is 0. The summed E-state index contributed by atoms with van der Waals surface area (Å²) in [6, 6.07) is 0.424. The number of nitrogens with zero attached hydrogens (tertiary/aromatic N) is 1. The normalized spacial score (nSPS) is 19.6. The average Bonchev–Trinajstić information content (AvgIpc) is 2.60. The SMILES string of the molecule is CCC(C)(C)C(CC(C)C)N1CCCC1=O. The van der Waals surface area contributed by atoms with Crippen LogP contribution in [0.25, 0.3) is 0 Å². The van der Waals surface area contributed by atoms with Crippen LogP contribution in [0.4, 0.5) is 0 Å². The summed E-state index contributed by atoms with van der Waals surface area (Å²) in [5.74, 6) is 1.02. The van der Waals surface area contributed by atoms with E-state index in [9.17, 15) is 4.79 Å². The van der Waals surface area contributed by atoms with Gasteiger partial charge in [-0.3, -0.25) is 4.79 Å². The lowest BCUT2D eigenvalue weighted by Crippen LogP contribution is -2.46. The first kappa shape index (κ1) is 13.5. The number of likely N-dealkylation sites (tertiary alicyclic amines) is 1. The van der Waals surface area contributed by atoms with E-state index in [1.165, 1.54) is 0 Å². The fraction of sp³-hybridized carbons (Fsp3) is 0.929. The summed E-state index contributed by atoms with van der Waals surface area (Å²) >= 11 is 0. The highest BCUT2D eigenvalue weighted by Gasteiger charge is 2.37. The van der Waals surface area contributed by atoms with Crippen molar-refractivity contribution in [3.05, 3.63) is 0 Å². The van der Waals surface area contributed by atoms with E-state index in [0.717, 1.165) is 32.2 Å². The van der Waals surface area contributed by atoms with Crippen LogP contribution in [0, 0.1) is 11.3 Å². The molecule has 2 heteroatoms. The Bertz CT molecular complexity index is 245. The lowest BCUT2D eigenvalue weighted by atomic mass is 9.77. The second-order valence-corrected chi connectivity index (χ2v) is 6.18. The van der Waals surface area contributed by atoms with Gasteiger partial charge in [0, 0.05) is 19.0 Å². The zero-order valence-corrected chi connectivity index (χ0v) is 11.5. The van der Waals surface area contributed by atoms with E-state index in [1.54, 1.807) is 0 Å². The van der Waals surface area contributed by atoms with Crippen molar-refractivity contribution in [1.82, 2.24) is 4.90 Å². The van der Waals surface area contributed by atoms with E-state index in [-0.39, 0.29) is 5.41 Å². The molecule has 0 radical (unpaired) electrons. The maximum atomic E-state index is 11.9. The van der Waals surface area contributed by atoms with Crippen molar-refractivity contribution in [3.8, 4) is 0 Å². The van der Waals surface area contributed by atoms with Crippen LogP contribution in [0.15, 0.2) is 0 Å². The van der Waals surface area contributed by atoms with Crippen LogP contribution >= 0.6 is 0 Å². The van der Waals surface area contributed by atoms with Gasteiger partial charge in [-0.2, -0.15) is 0 Å². The molecule has 0 spiro atoms. The zero-order valence-electron chi connectivity index (χ0n) is 11.5. The molecular weight excluding hydrogens is 198 g/mol. The number of rotatable bonds is 5. The van der Waals surface area contributed by atoms with Crippen LogP contribution in [0.3, 0.4) is 0 Å². The Morgan fingerprint density at radius 1 is 1.38 bits per heavy atom. The molecule has 1 heterocycles. The van der Waals surface area contributed by atoms with Gasteiger partial charge in [0.15, 0.2) is 0 Å². The Morgan fingerprint density at radius 2 is 2.00 bits per heavy atom. The third-order valence-corrected chi connectivity index (χ3v) is 3.99. The monoisotopic (exact) mass is 225 g/mol. The zero-order chi connectivity index (χ0) is 12.3. The van der Waals surface area contributed by atoms with Gasteiger partial charge in [-0.1, -0.05) is 34.6 Å². The van der Waals surface area contributed by atoms with Gasteiger partial charge in [0.25, 0.3) is 0 Å². The summed E-state index contributed by atoms with van der Waals surface area (Å²) in [6.07, 6.45) is 4.07. The summed E-state index contributed by atoms with van der Waals surface area (Å²) < 4.78 is 0. The van der Waals surface area contributed by atoms with Crippen LogP contribution in [-0.2, 0) is 4.79 Å². The van der Waals surface area contributed by atoms with Crippen molar-refractivity contribution in [3.63, 3.8) is 0 Å². The Labute approximate surface area is 100 Å². The number of hydrogen-bond donors (Lipinski definition) is 0. The molecule has 16 heavy (non-hydrogen) atoms. The van der Waals surface area contributed by atoms with E-state index >= 15 is 0 Å². The second-order valence-electron chi connectivity index (χ2n) is 6.18. The number of hydrogen-bond acceptors (Lipinski definition) is 1. The summed E-state index contributed by atoms with van der Waals surface area (Å²) in [7, 11) is 0. The molecule has 0 aliphatic carbocycles. The third kappa shape index (κ3) is 2.99. The molecule has 1 aliphatic rings. The number of carbonyl (C=O) groups excluding carboxylic acids is 1. The average molecular weight is 225 g/mol. The lowest BCUT2D eigenvalue weighted by molar-refractivity contribution is -0.132. The van der Waals surface area contributed by atoms with Crippen molar-refractivity contribution >= 4 is 5.91 Å². The predicted octanol–water partition coefficient (Wildman–Crippen LogP) is 3.46. The van der Waals surface area contributed by atoms with Crippen molar-refractivity contribution in [2.45, 2.75) is 66.3 Å². The van der Waals surface area contributed by atoms with Gasteiger partial charge in [0.1, 0.15) is 0 Å². The Morgan fingerprint density at radius 3 is 2.38 bits per heavy atom. The van der Waals surface area contributed by atoms with E-state index in [0.29, 0.717) is 17.9 Å². The van der Waals surface area contributed by atoms with Gasteiger partial charge >= 0.3 is 0 Å². The quantitative estimate of drug-likeness (QED) is 0.701. The Hall–Kier alpha value is -0.530. The molecule has 1 rings (SSSR count). The van der Waals surface area contributed by atoms with E-state index in [4.69, 9.17) is 0 Å². The summed E-state index contributed by atoms with van der Waals surface area (Å²) in [6.45, 7) is 12.3. The molecule has 1 aliphatic heterocycles. The van der Waals surface area contributed by atoms with Crippen LogP contribution in [0.5, 0.6) is 0 Å². The van der Waals surface area contributed by atoms with Crippen LogP contribution in [-0.4, -0.2) is 23.4 Å². The number of carbonyl (C=O) groups is 1. The van der Waals surface area contributed by atoms with Gasteiger partial charge < -0.3 is 4.90 Å². The molecule has 1 unspecified atom stereocenters. The molecule has 1 atom stereocenters. The van der Waals surface area contributed by atoms with E-state index < -0.39 is 0 Å². The van der Waals surface area contributed by atoms with E-state index in [1.807, 2.05) is 0 Å². The maximum absolute atomic E-state index is 11.9. The van der Waals surface area contributed by atoms with Crippen LogP contribution in [0.2, 0.25) is 0 Å². The highest BCUT2D eigenvalue weighted by atomic mass is 16.2. The minimum atomic E-state index is 0.240. The van der Waals surface area contributed by atoms with Gasteiger partial charge in [-0.15, -0.1) is 0 Å². The van der Waals surface area contributed by atoms with E-state index in [2.05, 4.69) is 39.5 Å². The molecule has 94 valence electrons. The molecule has 1 fully saturated rings. The van der Waals surface area contributed by atoms with Gasteiger partial charge in [-0.05, 0) is 30.6 Å². The molecule has 2 nitrogen and oxygen atoms in total. The third-order valence-electron chi connectivity index (χ3n) is 3.99. The lowest BCUT2D eigenvalue weighted by Gasteiger charge is -2.41. The molecule has 0 aromatic heterocycles. The minimum absolute atomic E-state index is 0.240. The molecule has 1 saturated heterocycles. The van der Waals surface area contributed by atoms with Crippen LogP contribution in [0.1, 0.15) is 60.3 Å². The standard InChI is InChI=1S/C14H27NO/c1-6-14(4,5)12(10-11(2)3)15-9-7-8-13(15)16/h11-12H,6-10H2,1-5H3. The highest BCUT2D eigenvalue weighted by molar-refractivity contribution is 5.78.